The number of anilines is 1. The normalized spacial score (nSPS) is 18.4. The maximum atomic E-state index is 13.4. The van der Waals surface area contributed by atoms with Crippen LogP contribution in [0.3, 0.4) is 0 Å². The Labute approximate surface area is 164 Å². The second-order valence-electron chi connectivity index (χ2n) is 7.24. The van der Waals surface area contributed by atoms with E-state index in [0.29, 0.717) is 42.0 Å². The van der Waals surface area contributed by atoms with Crippen LogP contribution in [-0.2, 0) is 11.8 Å². The molecule has 0 unspecified atom stereocenters. The Morgan fingerprint density at radius 2 is 1.93 bits per heavy atom. The minimum Gasteiger partial charge on any atom is -0.490 e. The van der Waals surface area contributed by atoms with Gasteiger partial charge in [-0.25, -0.2) is 0 Å². The number of fused-ring (bicyclic) bond motifs is 1. The van der Waals surface area contributed by atoms with Crippen molar-refractivity contribution in [1.29, 1.82) is 0 Å². The summed E-state index contributed by atoms with van der Waals surface area (Å²) in [5, 5.41) is 7.50. The van der Waals surface area contributed by atoms with E-state index < -0.39 is 5.92 Å². The summed E-state index contributed by atoms with van der Waals surface area (Å²) in [5.74, 6) is 1.42. The van der Waals surface area contributed by atoms with Gasteiger partial charge in [0.2, 0.25) is 5.91 Å². The summed E-state index contributed by atoms with van der Waals surface area (Å²) < 4.78 is 12.9. The highest BCUT2D eigenvalue weighted by Gasteiger charge is 2.40. The molecular weight excluding hydrogens is 358 g/mol. The predicted octanol–water partition coefficient (Wildman–Crippen LogP) is 3.40. The molecule has 0 saturated heterocycles. The van der Waals surface area contributed by atoms with Crippen molar-refractivity contribution in [2.45, 2.75) is 44.9 Å². The van der Waals surface area contributed by atoms with Crippen LogP contribution < -0.4 is 14.8 Å². The van der Waals surface area contributed by atoms with Crippen molar-refractivity contribution in [1.82, 2.24) is 9.78 Å². The molecule has 1 amide bonds. The first-order chi connectivity index (χ1) is 13.5. The van der Waals surface area contributed by atoms with Crippen molar-refractivity contribution in [2.75, 3.05) is 18.5 Å². The fourth-order valence-electron chi connectivity index (χ4n) is 3.81. The minimum atomic E-state index is -0.527. The van der Waals surface area contributed by atoms with E-state index in [1.54, 1.807) is 22.9 Å². The van der Waals surface area contributed by atoms with Crippen LogP contribution in [0.4, 0.5) is 5.82 Å². The average Bonchev–Trinajstić information content (AvgIpc) is 3.47. The van der Waals surface area contributed by atoms with Gasteiger partial charge in [-0.3, -0.25) is 14.3 Å². The van der Waals surface area contributed by atoms with E-state index in [0.717, 1.165) is 24.1 Å². The molecule has 2 aliphatic rings. The molecule has 148 valence electrons. The molecule has 2 aromatic rings. The number of carbonyl (C=O) groups excluding carboxylic acids is 2. The minimum absolute atomic E-state index is 0.0880. The molecule has 1 saturated carbocycles. The van der Waals surface area contributed by atoms with Gasteiger partial charge in [-0.05, 0) is 44.9 Å². The molecular formula is C21H25N3O4. The van der Waals surface area contributed by atoms with Crippen LogP contribution in [-0.4, -0.2) is 34.7 Å². The van der Waals surface area contributed by atoms with Crippen LogP contribution in [0.5, 0.6) is 11.5 Å². The van der Waals surface area contributed by atoms with Crippen LogP contribution in [0.2, 0.25) is 0 Å². The number of aryl methyl sites for hydroxylation is 1. The van der Waals surface area contributed by atoms with Crippen molar-refractivity contribution in [3.63, 3.8) is 0 Å². The van der Waals surface area contributed by atoms with Gasteiger partial charge in [0, 0.05) is 30.5 Å². The summed E-state index contributed by atoms with van der Waals surface area (Å²) in [7, 11) is 1.81. The molecule has 2 heterocycles. The lowest BCUT2D eigenvalue weighted by atomic mass is 9.84. The van der Waals surface area contributed by atoms with Gasteiger partial charge in [0.25, 0.3) is 0 Å². The Bertz CT molecular complexity index is 930. The smallest absolute Gasteiger partial charge is 0.226 e. The molecule has 28 heavy (non-hydrogen) atoms. The van der Waals surface area contributed by atoms with Gasteiger partial charge in [0.15, 0.2) is 17.3 Å². The predicted molar refractivity (Wildman–Crippen MR) is 104 cm³/mol. The standard InChI is InChI=1S/C21H25N3O4/c1-4-27-15-9-8-13(10-16(15)28-5-2)20(26)14-11-17(25)22-21-18(14)19(12-6-7-12)23-24(21)3/h8-10,12,14H,4-7,11H2,1-3H3,(H,22,25)/t14-/m0/s1. The third kappa shape index (κ3) is 3.25. The summed E-state index contributed by atoms with van der Waals surface area (Å²) >= 11 is 0. The van der Waals surface area contributed by atoms with Crippen LogP contribution >= 0.6 is 0 Å². The van der Waals surface area contributed by atoms with E-state index in [1.165, 1.54) is 0 Å². The Hall–Kier alpha value is -2.83. The van der Waals surface area contributed by atoms with E-state index in [1.807, 2.05) is 20.9 Å². The number of rotatable bonds is 7. The summed E-state index contributed by atoms with van der Waals surface area (Å²) in [6.45, 7) is 4.78. The van der Waals surface area contributed by atoms with Gasteiger partial charge >= 0.3 is 0 Å². The second kappa shape index (κ2) is 7.30. The number of carbonyl (C=O) groups is 2. The Kier molecular flexibility index (Phi) is 4.83. The van der Waals surface area contributed by atoms with E-state index in [-0.39, 0.29) is 18.1 Å². The molecule has 0 spiro atoms. The number of benzene rings is 1. The van der Waals surface area contributed by atoms with Crippen molar-refractivity contribution in [3.8, 4) is 11.5 Å². The fourth-order valence-corrected chi connectivity index (χ4v) is 3.81. The summed E-state index contributed by atoms with van der Waals surface area (Å²) in [4.78, 5) is 25.7. The molecule has 0 bridgehead atoms. The van der Waals surface area contributed by atoms with Crippen LogP contribution in [0, 0.1) is 0 Å². The fraction of sp³-hybridized carbons (Fsp3) is 0.476. The van der Waals surface area contributed by atoms with Crippen molar-refractivity contribution < 1.29 is 19.1 Å². The van der Waals surface area contributed by atoms with Crippen LogP contribution in [0.1, 0.15) is 66.6 Å². The van der Waals surface area contributed by atoms with E-state index in [2.05, 4.69) is 10.4 Å². The number of hydrogen-bond donors (Lipinski definition) is 1. The first-order valence-electron chi connectivity index (χ1n) is 9.83. The van der Waals surface area contributed by atoms with Crippen molar-refractivity contribution >= 4 is 17.5 Å². The third-order valence-corrected chi connectivity index (χ3v) is 5.22. The van der Waals surface area contributed by atoms with E-state index >= 15 is 0 Å². The van der Waals surface area contributed by atoms with Crippen LogP contribution in [0.15, 0.2) is 18.2 Å². The monoisotopic (exact) mass is 383 g/mol. The highest BCUT2D eigenvalue weighted by molar-refractivity contribution is 6.08. The van der Waals surface area contributed by atoms with Gasteiger partial charge in [0.05, 0.1) is 24.8 Å². The zero-order chi connectivity index (χ0) is 19.8. The number of ketones is 1. The zero-order valence-electron chi connectivity index (χ0n) is 16.4. The SMILES string of the molecule is CCOc1ccc(C(=O)[C@H]2CC(=O)Nc3c2c(C2CC2)nn3C)cc1OCC. The number of aromatic nitrogens is 2. The lowest BCUT2D eigenvalue weighted by molar-refractivity contribution is -0.116. The number of nitrogens with one attached hydrogen (secondary N) is 1. The third-order valence-electron chi connectivity index (χ3n) is 5.22. The molecule has 1 fully saturated rings. The molecule has 7 heteroatoms. The maximum Gasteiger partial charge on any atom is 0.226 e. The highest BCUT2D eigenvalue weighted by Crippen LogP contribution is 2.47. The van der Waals surface area contributed by atoms with E-state index in [4.69, 9.17) is 9.47 Å². The average molecular weight is 383 g/mol. The molecule has 7 nitrogen and oxygen atoms in total. The molecule has 1 aromatic heterocycles. The summed E-state index contributed by atoms with van der Waals surface area (Å²) in [6.07, 6.45) is 2.29. The van der Waals surface area contributed by atoms with Gasteiger partial charge in [-0.15, -0.1) is 0 Å². The Morgan fingerprint density at radius 3 is 2.61 bits per heavy atom. The molecule has 1 atom stereocenters. The Morgan fingerprint density at radius 1 is 1.21 bits per heavy atom. The lowest BCUT2D eigenvalue weighted by Crippen LogP contribution is -2.28. The number of Topliss-reactive ketones (excluding diaryl/α,β-unsaturated/α-hetero) is 1. The largest absolute Gasteiger partial charge is 0.490 e. The van der Waals surface area contributed by atoms with Gasteiger partial charge in [0.1, 0.15) is 5.82 Å². The topological polar surface area (TPSA) is 82.5 Å². The first-order valence-corrected chi connectivity index (χ1v) is 9.83. The van der Waals surface area contributed by atoms with Gasteiger partial charge in [-0.2, -0.15) is 5.10 Å². The van der Waals surface area contributed by atoms with Gasteiger partial charge < -0.3 is 14.8 Å². The number of ether oxygens (including phenoxy) is 2. The molecule has 1 N–H and O–H groups in total. The summed E-state index contributed by atoms with van der Waals surface area (Å²) in [6, 6.07) is 5.22. The number of nitrogens with zero attached hydrogens (tertiary/aromatic N) is 2. The van der Waals surface area contributed by atoms with Crippen molar-refractivity contribution in [3.05, 3.63) is 35.0 Å². The summed E-state index contributed by atoms with van der Waals surface area (Å²) in [5.41, 5.74) is 2.34. The molecule has 0 radical (unpaired) electrons. The molecule has 4 rings (SSSR count). The van der Waals surface area contributed by atoms with Crippen molar-refractivity contribution in [2.24, 2.45) is 7.05 Å². The quantitative estimate of drug-likeness (QED) is 0.741. The zero-order valence-corrected chi connectivity index (χ0v) is 16.4. The lowest BCUT2D eigenvalue weighted by Gasteiger charge is -2.23. The number of hydrogen-bond acceptors (Lipinski definition) is 5. The van der Waals surface area contributed by atoms with Gasteiger partial charge in [-0.1, -0.05) is 0 Å². The maximum absolute atomic E-state index is 13.4. The Balaban J connectivity index is 1.73. The van der Waals surface area contributed by atoms with E-state index in [9.17, 15) is 9.59 Å². The molecule has 1 aromatic carbocycles. The number of amides is 1. The highest BCUT2D eigenvalue weighted by atomic mass is 16.5. The van der Waals surface area contributed by atoms with Crippen LogP contribution in [0.25, 0.3) is 0 Å². The molecule has 1 aliphatic carbocycles. The first kappa shape index (κ1) is 18.5. The molecule has 1 aliphatic heterocycles. The second-order valence-corrected chi connectivity index (χ2v) is 7.24.